The van der Waals surface area contributed by atoms with Gasteiger partial charge in [0.2, 0.25) is 0 Å². The van der Waals surface area contributed by atoms with E-state index < -0.39 is 5.82 Å². The van der Waals surface area contributed by atoms with Crippen LogP contribution in [-0.4, -0.2) is 19.7 Å². The molecular formula is C11H13ClFNO. The van der Waals surface area contributed by atoms with Crippen molar-refractivity contribution in [3.63, 3.8) is 0 Å². The lowest BCUT2D eigenvalue weighted by atomic mass is 10.0. The highest BCUT2D eigenvalue weighted by Crippen LogP contribution is 2.21. The molecule has 0 aliphatic carbocycles. The van der Waals surface area contributed by atoms with Gasteiger partial charge in [-0.05, 0) is 37.6 Å². The van der Waals surface area contributed by atoms with Crippen molar-refractivity contribution in [3.8, 4) is 5.75 Å². The number of rotatable bonds is 4. The Balaban J connectivity index is 1.79. The lowest BCUT2D eigenvalue weighted by molar-refractivity contribution is 0.238. The molecular weight excluding hydrogens is 217 g/mol. The first-order chi connectivity index (χ1) is 7.25. The van der Waals surface area contributed by atoms with Gasteiger partial charge in [-0.2, -0.15) is 0 Å². The van der Waals surface area contributed by atoms with Crippen molar-refractivity contribution in [2.24, 2.45) is 5.92 Å². The molecule has 1 fully saturated rings. The van der Waals surface area contributed by atoms with Gasteiger partial charge in [0.1, 0.15) is 11.6 Å². The van der Waals surface area contributed by atoms with Crippen LogP contribution in [0.25, 0.3) is 0 Å². The third-order valence-electron chi connectivity index (χ3n) is 2.55. The molecule has 1 N–H and O–H groups in total. The van der Waals surface area contributed by atoms with Gasteiger partial charge in [-0.15, -0.1) is 0 Å². The van der Waals surface area contributed by atoms with Crippen molar-refractivity contribution in [1.82, 2.24) is 5.32 Å². The van der Waals surface area contributed by atoms with Gasteiger partial charge >= 0.3 is 0 Å². The summed E-state index contributed by atoms with van der Waals surface area (Å²) in [5.41, 5.74) is 0. The van der Waals surface area contributed by atoms with Crippen molar-refractivity contribution < 1.29 is 9.13 Å². The number of nitrogens with one attached hydrogen (secondary N) is 1. The molecule has 1 aromatic carbocycles. The van der Waals surface area contributed by atoms with Crippen molar-refractivity contribution in [2.75, 3.05) is 19.7 Å². The maximum Gasteiger partial charge on any atom is 0.142 e. The predicted molar refractivity (Wildman–Crippen MR) is 57.9 cm³/mol. The molecule has 0 amide bonds. The monoisotopic (exact) mass is 229 g/mol. The molecule has 1 heterocycles. The summed E-state index contributed by atoms with van der Waals surface area (Å²) in [6.45, 7) is 2.81. The highest BCUT2D eigenvalue weighted by atomic mass is 35.5. The molecule has 0 unspecified atom stereocenters. The van der Waals surface area contributed by atoms with E-state index in [1.54, 1.807) is 6.07 Å². The van der Waals surface area contributed by atoms with Gasteiger partial charge in [-0.1, -0.05) is 11.6 Å². The third-order valence-corrected chi connectivity index (χ3v) is 2.84. The van der Waals surface area contributed by atoms with Crippen molar-refractivity contribution in [3.05, 3.63) is 29.0 Å². The summed E-state index contributed by atoms with van der Waals surface area (Å²) in [7, 11) is 0. The molecule has 0 bridgehead atoms. The van der Waals surface area contributed by atoms with Crippen LogP contribution >= 0.6 is 11.6 Å². The Hall–Kier alpha value is -0.800. The average molecular weight is 230 g/mol. The number of benzene rings is 1. The maximum atomic E-state index is 12.8. The van der Waals surface area contributed by atoms with Gasteiger partial charge in [0, 0.05) is 6.07 Å². The molecule has 0 radical (unpaired) electrons. The highest BCUT2D eigenvalue weighted by molar-refractivity contribution is 6.30. The Morgan fingerprint density at radius 3 is 2.87 bits per heavy atom. The zero-order chi connectivity index (χ0) is 10.7. The molecule has 82 valence electrons. The summed E-state index contributed by atoms with van der Waals surface area (Å²) in [5.74, 6) is 0.946. The fourth-order valence-corrected chi connectivity index (χ4v) is 1.63. The first kappa shape index (κ1) is 10.7. The van der Waals surface area contributed by atoms with E-state index in [-0.39, 0.29) is 5.02 Å². The number of hydrogen-bond acceptors (Lipinski definition) is 2. The van der Waals surface area contributed by atoms with E-state index >= 15 is 0 Å². The molecule has 1 aromatic rings. The minimum atomic E-state index is -0.410. The average Bonchev–Trinajstić information content (AvgIpc) is 2.15. The van der Waals surface area contributed by atoms with E-state index in [0.717, 1.165) is 25.4 Å². The van der Waals surface area contributed by atoms with E-state index in [0.29, 0.717) is 12.4 Å². The molecule has 0 atom stereocenters. The summed E-state index contributed by atoms with van der Waals surface area (Å²) in [4.78, 5) is 0. The zero-order valence-corrected chi connectivity index (χ0v) is 9.06. The number of ether oxygens (including phenoxy) is 1. The quantitative estimate of drug-likeness (QED) is 0.857. The normalized spacial score (nSPS) is 16.1. The van der Waals surface area contributed by atoms with E-state index in [2.05, 4.69) is 5.32 Å². The van der Waals surface area contributed by atoms with Crippen molar-refractivity contribution >= 4 is 11.6 Å². The van der Waals surface area contributed by atoms with E-state index in [1.807, 2.05) is 0 Å². The maximum absolute atomic E-state index is 12.8. The summed E-state index contributed by atoms with van der Waals surface area (Å²) < 4.78 is 18.3. The van der Waals surface area contributed by atoms with Crippen LogP contribution in [0.5, 0.6) is 5.75 Å². The fraction of sp³-hybridized carbons (Fsp3) is 0.455. The largest absolute Gasteiger partial charge is 0.494 e. The number of halogens is 2. The zero-order valence-electron chi connectivity index (χ0n) is 8.30. The minimum Gasteiger partial charge on any atom is -0.494 e. The molecule has 1 aliphatic rings. The fourth-order valence-electron chi connectivity index (χ4n) is 1.46. The SMILES string of the molecule is Fc1ccc(OCCC2CNC2)cc1Cl. The Labute approximate surface area is 93.4 Å². The molecule has 0 aromatic heterocycles. The summed E-state index contributed by atoms with van der Waals surface area (Å²) in [6.07, 6.45) is 1.03. The first-order valence-electron chi connectivity index (χ1n) is 5.04. The Morgan fingerprint density at radius 2 is 2.27 bits per heavy atom. The summed E-state index contributed by atoms with van der Waals surface area (Å²) in [6, 6.07) is 4.43. The van der Waals surface area contributed by atoms with Crippen LogP contribution in [0.2, 0.25) is 5.02 Å². The Kier molecular flexibility index (Phi) is 3.44. The molecule has 0 saturated carbocycles. The summed E-state index contributed by atoms with van der Waals surface area (Å²) >= 11 is 5.63. The van der Waals surface area contributed by atoms with Crippen molar-refractivity contribution in [2.45, 2.75) is 6.42 Å². The minimum absolute atomic E-state index is 0.109. The van der Waals surface area contributed by atoms with Crippen LogP contribution in [0.4, 0.5) is 4.39 Å². The molecule has 4 heteroatoms. The molecule has 2 nitrogen and oxygen atoms in total. The van der Waals surface area contributed by atoms with Crippen LogP contribution in [0.15, 0.2) is 18.2 Å². The lowest BCUT2D eigenvalue weighted by Crippen LogP contribution is -2.42. The van der Waals surface area contributed by atoms with Gasteiger partial charge < -0.3 is 10.1 Å². The standard InChI is InChI=1S/C11H13ClFNO/c12-10-5-9(1-2-11(10)13)15-4-3-8-6-14-7-8/h1-2,5,8,14H,3-4,6-7H2. The van der Waals surface area contributed by atoms with Gasteiger partial charge in [0.25, 0.3) is 0 Å². The van der Waals surface area contributed by atoms with Crippen LogP contribution in [0, 0.1) is 11.7 Å². The predicted octanol–water partition coefficient (Wildman–Crippen LogP) is 2.47. The van der Waals surface area contributed by atoms with Crippen LogP contribution < -0.4 is 10.1 Å². The van der Waals surface area contributed by atoms with E-state index in [9.17, 15) is 4.39 Å². The molecule has 1 saturated heterocycles. The van der Waals surface area contributed by atoms with Gasteiger partial charge in [0.15, 0.2) is 0 Å². The summed E-state index contributed by atoms with van der Waals surface area (Å²) in [5, 5.41) is 3.31. The third kappa shape index (κ3) is 2.83. The molecule has 15 heavy (non-hydrogen) atoms. The second kappa shape index (κ2) is 4.81. The molecule has 1 aliphatic heterocycles. The van der Waals surface area contributed by atoms with Gasteiger partial charge in [0.05, 0.1) is 11.6 Å². The van der Waals surface area contributed by atoms with Crippen LogP contribution in [0.1, 0.15) is 6.42 Å². The second-order valence-electron chi connectivity index (χ2n) is 3.74. The van der Waals surface area contributed by atoms with E-state index in [1.165, 1.54) is 12.1 Å². The van der Waals surface area contributed by atoms with E-state index in [4.69, 9.17) is 16.3 Å². The lowest BCUT2D eigenvalue weighted by Gasteiger charge is -2.26. The van der Waals surface area contributed by atoms with Gasteiger partial charge in [-0.3, -0.25) is 0 Å². The van der Waals surface area contributed by atoms with Crippen LogP contribution in [-0.2, 0) is 0 Å². The smallest absolute Gasteiger partial charge is 0.142 e. The topological polar surface area (TPSA) is 21.3 Å². The van der Waals surface area contributed by atoms with Crippen molar-refractivity contribution in [1.29, 1.82) is 0 Å². The molecule has 2 rings (SSSR count). The molecule has 0 spiro atoms. The first-order valence-corrected chi connectivity index (χ1v) is 5.42. The van der Waals surface area contributed by atoms with Gasteiger partial charge in [-0.25, -0.2) is 4.39 Å². The highest BCUT2D eigenvalue weighted by Gasteiger charge is 2.16. The number of hydrogen-bond donors (Lipinski definition) is 1. The Bertz CT molecular complexity index is 341. The van der Waals surface area contributed by atoms with Crippen LogP contribution in [0.3, 0.4) is 0 Å². The second-order valence-corrected chi connectivity index (χ2v) is 4.14. The Morgan fingerprint density at radius 1 is 1.47 bits per heavy atom.